The maximum Gasteiger partial charge on any atom is 0.152 e. The molecule has 0 bridgehead atoms. The minimum atomic E-state index is 0.495. The summed E-state index contributed by atoms with van der Waals surface area (Å²) in [5.74, 6) is 0.998. The largest absolute Gasteiger partial charge is 0.375 e. The van der Waals surface area contributed by atoms with Gasteiger partial charge in [0.2, 0.25) is 0 Å². The molecular weight excluding hydrogens is 284 g/mol. The predicted molar refractivity (Wildman–Crippen MR) is 86.7 cm³/mol. The molecule has 108 valence electrons. The van der Waals surface area contributed by atoms with Gasteiger partial charge in [-0.25, -0.2) is 9.97 Å². The zero-order valence-electron chi connectivity index (χ0n) is 12.1. The van der Waals surface area contributed by atoms with E-state index in [9.17, 15) is 0 Å². The van der Waals surface area contributed by atoms with Crippen molar-refractivity contribution in [2.45, 2.75) is 26.9 Å². The molecule has 2 heterocycles. The Morgan fingerprint density at radius 3 is 2.81 bits per heavy atom. The van der Waals surface area contributed by atoms with Gasteiger partial charge in [0.05, 0.1) is 23.3 Å². The van der Waals surface area contributed by atoms with E-state index in [4.69, 9.17) is 16.6 Å². The third-order valence-corrected chi connectivity index (χ3v) is 3.87. The van der Waals surface area contributed by atoms with Crippen molar-refractivity contribution in [2.75, 3.05) is 5.32 Å². The van der Waals surface area contributed by atoms with Crippen LogP contribution in [0.25, 0.3) is 11.0 Å². The van der Waals surface area contributed by atoms with Crippen LogP contribution in [0.15, 0.2) is 36.5 Å². The monoisotopic (exact) mass is 300 g/mol. The van der Waals surface area contributed by atoms with Crippen molar-refractivity contribution in [3.63, 3.8) is 0 Å². The van der Waals surface area contributed by atoms with Crippen LogP contribution in [0.5, 0.6) is 0 Å². The second-order valence-electron chi connectivity index (χ2n) is 4.91. The van der Waals surface area contributed by atoms with Crippen LogP contribution in [0.4, 0.5) is 5.69 Å². The summed E-state index contributed by atoms with van der Waals surface area (Å²) in [6.07, 6.45) is 1.71. The minimum Gasteiger partial charge on any atom is -0.375 e. The molecule has 0 amide bonds. The number of imidazole rings is 1. The van der Waals surface area contributed by atoms with Gasteiger partial charge in [-0.1, -0.05) is 23.7 Å². The molecule has 3 rings (SSSR count). The Labute approximate surface area is 128 Å². The fourth-order valence-electron chi connectivity index (χ4n) is 2.52. The molecule has 0 aliphatic heterocycles. The summed E-state index contributed by atoms with van der Waals surface area (Å²) in [7, 11) is 0. The Morgan fingerprint density at radius 2 is 2.05 bits per heavy atom. The highest BCUT2D eigenvalue weighted by atomic mass is 35.5. The molecule has 4 nitrogen and oxygen atoms in total. The van der Waals surface area contributed by atoms with Crippen molar-refractivity contribution >= 4 is 28.3 Å². The lowest BCUT2D eigenvalue weighted by Gasteiger charge is -2.11. The van der Waals surface area contributed by atoms with Gasteiger partial charge in [-0.3, -0.25) is 0 Å². The van der Waals surface area contributed by atoms with E-state index in [-0.39, 0.29) is 0 Å². The van der Waals surface area contributed by atoms with Crippen LogP contribution in [0.1, 0.15) is 18.3 Å². The van der Waals surface area contributed by atoms with Crippen molar-refractivity contribution in [1.82, 2.24) is 14.5 Å². The Balaban J connectivity index is 1.92. The fraction of sp³-hybridized carbons (Fsp3) is 0.250. The Hall–Kier alpha value is -2.07. The molecule has 0 spiro atoms. The van der Waals surface area contributed by atoms with Crippen molar-refractivity contribution in [2.24, 2.45) is 0 Å². The number of aryl methyl sites for hydroxylation is 2. The molecule has 0 unspecified atom stereocenters. The third kappa shape index (κ3) is 2.59. The van der Waals surface area contributed by atoms with Crippen LogP contribution in [-0.2, 0) is 13.1 Å². The summed E-state index contributed by atoms with van der Waals surface area (Å²) in [4.78, 5) is 8.81. The maximum absolute atomic E-state index is 6.15. The molecule has 0 radical (unpaired) electrons. The van der Waals surface area contributed by atoms with Gasteiger partial charge in [0, 0.05) is 12.7 Å². The zero-order chi connectivity index (χ0) is 14.8. The van der Waals surface area contributed by atoms with Gasteiger partial charge < -0.3 is 9.88 Å². The van der Waals surface area contributed by atoms with Gasteiger partial charge in [-0.2, -0.15) is 0 Å². The Bertz CT molecular complexity index is 759. The lowest BCUT2D eigenvalue weighted by molar-refractivity contribution is 0.728. The number of para-hydroxylation sites is 2. The second kappa shape index (κ2) is 5.74. The van der Waals surface area contributed by atoms with E-state index < -0.39 is 0 Å². The number of hydrogen-bond donors (Lipinski definition) is 1. The maximum atomic E-state index is 6.15. The summed E-state index contributed by atoms with van der Waals surface area (Å²) in [5.41, 5.74) is 4.12. The fourth-order valence-corrected chi connectivity index (χ4v) is 2.79. The average molecular weight is 301 g/mol. The van der Waals surface area contributed by atoms with Crippen molar-refractivity contribution in [3.8, 4) is 0 Å². The van der Waals surface area contributed by atoms with Gasteiger partial charge >= 0.3 is 0 Å². The number of nitrogens with zero attached hydrogens (tertiary/aromatic N) is 3. The van der Waals surface area contributed by atoms with Crippen molar-refractivity contribution in [1.29, 1.82) is 0 Å². The molecule has 0 saturated heterocycles. The van der Waals surface area contributed by atoms with E-state index in [0.717, 1.165) is 34.7 Å². The van der Waals surface area contributed by atoms with Gasteiger partial charge in [-0.05, 0) is 37.6 Å². The Morgan fingerprint density at radius 1 is 1.24 bits per heavy atom. The first-order chi connectivity index (χ1) is 10.2. The third-order valence-electron chi connectivity index (χ3n) is 3.59. The normalized spacial score (nSPS) is 11.0. The first-order valence-corrected chi connectivity index (χ1v) is 7.37. The number of aromatic nitrogens is 3. The summed E-state index contributed by atoms with van der Waals surface area (Å²) >= 11 is 6.15. The average Bonchev–Trinajstić information content (AvgIpc) is 2.84. The van der Waals surface area contributed by atoms with Crippen LogP contribution in [0.3, 0.4) is 0 Å². The molecule has 1 N–H and O–H groups in total. The smallest absolute Gasteiger partial charge is 0.152 e. The van der Waals surface area contributed by atoms with Crippen LogP contribution in [0.2, 0.25) is 5.15 Å². The molecule has 1 aromatic carbocycles. The molecular formula is C16H17ClN4. The SMILES string of the molecule is CCn1c(CNc2c(C)ccnc2Cl)nc2ccccc21. The lowest BCUT2D eigenvalue weighted by atomic mass is 10.2. The molecule has 0 aliphatic carbocycles. The first kappa shape index (κ1) is 13.9. The highest BCUT2D eigenvalue weighted by molar-refractivity contribution is 6.32. The molecule has 0 atom stereocenters. The van der Waals surface area contributed by atoms with E-state index in [0.29, 0.717) is 11.7 Å². The summed E-state index contributed by atoms with van der Waals surface area (Å²) in [6.45, 7) is 5.64. The van der Waals surface area contributed by atoms with Gasteiger partial charge in [0.25, 0.3) is 0 Å². The number of anilines is 1. The van der Waals surface area contributed by atoms with Crippen LogP contribution in [0, 0.1) is 6.92 Å². The Kier molecular flexibility index (Phi) is 3.80. The standard InChI is InChI=1S/C16H17ClN4/c1-3-21-13-7-5-4-6-12(13)20-14(21)10-19-15-11(2)8-9-18-16(15)17/h4-9,19H,3,10H2,1-2H3. The summed E-state index contributed by atoms with van der Waals surface area (Å²) in [5, 5.41) is 3.85. The number of halogens is 1. The number of fused-ring (bicyclic) bond motifs is 1. The molecule has 21 heavy (non-hydrogen) atoms. The highest BCUT2D eigenvalue weighted by Crippen LogP contribution is 2.24. The number of pyridine rings is 1. The van der Waals surface area contributed by atoms with Crippen molar-refractivity contribution < 1.29 is 0 Å². The van der Waals surface area contributed by atoms with E-state index in [2.05, 4.69) is 27.9 Å². The van der Waals surface area contributed by atoms with Crippen molar-refractivity contribution in [3.05, 3.63) is 53.1 Å². The van der Waals surface area contributed by atoms with E-state index in [1.54, 1.807) is 6.20 Å². The molecule has 0 saturated carbocycles. The summed E-state index contributed by atoms with van der Waals surface area (Å²) in [6, 6.07) is 10.1. The minimum absolute atomic E-state index is 0.495. The molecule has 5 heteroatoms. The van der Waals surface area contributed by atoms with E-state index in [1.165, 1.54) is 0 Å². The predicted octanol–water partition coefficient (Wildman–Crippen LogP) is 4.03. The lowest BCUT2D eigenvalue weighted by Crippen LogP contribution is -2.09. The topological polar surface area (TPSA) is 42.7 Å². The number of hydrogen-bond acceptors (Lipinski definition) is 3. The quantitative estimate of drug-likeness (QED) is 0.740. The second-order valence-corrected chi connectivity index (χ2v) is 5.27. The van der Waals surface area contributed by atoms with Gasteiger partial charge in [-0.15, -0.1) is 0 Å². The summed E-state index contributed by atoms with van der Waals surface area (Å²) < 4.78 is 2.21. The number of benzene rings is 1. The van der Waals surface area contributed by atoms with Crippen LogP contribution in [-0.4, -0.2) is 14.5 Å². The number of nitrogens with one attached hydrogen (secondary N) is 1. The first-order valence-electron chi connectivity index (χ1n) is 7.00. The van der Waals surface area contributed by atoms with Crippen LogP contribution >= 0.6 is 11.6 Å². The van der Waals surface area contributed by atoms with E-state index in [1.807, 2.05) is 31.2 Å². The van der Waals surface area contributed by atoms with E-state index >= 15 is 0 Å². The highest BCUT2D eigenvalue weighted by Gasteiger charge is 2.10. The molecule has 0 aliphatic rings. The van der Waals surface area contributed by atoms with Gasteiger partial charge in [0.15, 0.2) is 5.15 Å². The molecule has 0 fully saturated rings. The van der Waals surface area contributed by atoms with Gasteiger partial charge in [0.1, 0.15) is 5.82 Å². The zero-order valence-corrected chi connectivity index (χ0v) is 12.9. The molecule has 3 aromatic rings. The van der Waals surface area contributed by atoms with Crippen LogP contribution < -0.4 is 5.32 Å². The number of rotatable bonds is 4. The molecule has 2 aromatic heterocycles.